The minimum atomic E-state index is -1.04. The zero-order valence-electron chi connectivity index (χ0n) is 29.7. The summed E-state index contributed by atoms with van der Waals surface area (Å²) in [5, 5.41) is 11.4. The van der Waals surface area contributed by atoms with Crippen LogP contribution in [-0.2, 0) is 24.0 Å². The Labute approximate surface area is 293 Å². The predicted molar refractivity (Wildman–Crippen MR) is 185 cm³/mol. The van der Waals surface area contributed by atoms with Gasteiger partial charge in [-0.15, -0.1) is 0 Å². The zero-order chi connectivity index (χ0) is 36.0. The van der Waals surface area contributed by atoms with E-state index in [-0.39, 0.29) is 42.5 Å². The number of nitrogens with one attached hydrogen (secondary N) is 4. The minimum absolute atomic E-state index is 0.00540. The molecule has 14 heteroatoms. The van der Waals surface area contributed by atoms with E-state index in [0.29, 0.717) is 19.4 Å². The summed E-state index contributed by atoms with van der Waals surface area (Å²) in [6.07, 6.45) is 13.5. The fourth-order valence-electron chi connectivity index (χ4n) is 7.42. The van der Waals surface area contributed by atoms with Crippen molar-refractivity contribution in [1.82, 2.24) is 36.1 Å². The highest BCUT2D eigenvalue weighted by molar-refractivity contribution is 6.38. The van der Waals surface area contributed by atoms with Gasteiger partial charge in [0.25, 0.3) is 11.8 Å². The van der Waals surface area contributed by atoms with Gasteiger partial charge in [-0.2, -0.15) is 0 Å². The van der Waals surface area contributed by atoms with E-state index in [2.05, 4.69) is 36.2 Å². The molecule has 0 aromatic carbocycles. The quantitative estimate of drug-likeness (QED) is 0.225. The van der Waals surface area contributed by atoms with Crippen LogP contribution in [0.3, 0.4) is 0 Å². The number of likely N-dealkylation sites (tertiary alicyclic amines) is 1. The normalized spacial score (nSPS) is 23.9. The van der Waals surface area contributed by atoms with Crippen LogP contribution >= 0.6 is 0 Å². The Morgan fingerprint density at radius 3 is 2.32 bits per heavy atom. The molecule has 0 radical (unpaired) electrons. The van der Waals surface area contributed by atoms with Crippen molar-refractivity contribution in [3.8, 4) is 0 Å². The maximum Gasteiger partial charge on any atom is 0.289 e. The number of carbonyl (C=O) groups is 6. The van der Waals surface area contributed by atoms with Crippen molar-refractivity contribution in [2.45, 2.75) is 122 Å². The molecule has 3 fully saturated rings. The van der Waals surface area contributed by atoms with Crippen molar-refractivity contribution >= 4 is 41.5 Å². The molecule has 2 aliphatic heterocycles. The third kappa shape index (κ3) is 8.91. The molecule has 0 spiro atoms. The second-order valence-corrected chi connectivity index (χ2v) is 15.3. The molecule has 2 saturated carbocycles. The van der Waals surface area contributed by atoms with Crippen molar-refractivity contribution in [3.05, 3.63) is 24.3 Å². The highest BCUT2D eigenvalue weighted by Gasteiger charge is 2.51. The monoisotopic (exact) mass is 692 g/mol. The molecule has 14 nitrogen and oxygen atoms in total. The summed E-state index contributed by atoms with van der Waals surface area (Å²) in [6.45, 7) is 8.25. The van der Waals surface area contributed by atoms with Crippen LogP contribution in [-0.4, -0.2) is 99.7 Å². The van der Waals surface area contributed by atoms with Gasteiger partial charge >= 0.3 is 0 Å². The highest BCUT2D eigenvalue weighted by Crippen LogP contribution is 2.36. The molecule has 50 heavy (non-hydrogen) atoms. The molecule has 4 N–H and O–H groups in total. The van der Waals surface area contributed by atoms with Crippen molar-refractivity contribution in [1.29, 1.82) is 0 Å². The number of nitrogens with zero attached hydrogens (tertiary/aromatic N) is 4. The van der Waals surface area contributed by atoms with Gasteiger partial charge in [0.15, 0.2) is 0 Å². The van der Waals surface area contributed by atoms with E-state index in [1.165, 1.54) is 23.5 Å². The van der Waals surface area contributed by atoms with Crippen molar-refractivity contribution in [3.63, 3.8) is 0 Å². The van der Waals surface area contributed by atoms with E-state index in [0.717, 1.165) is 44.9 Å². The summed E-state index contributed by atoms with van der Waals surface area (Å²) in [5.74, 6) is -3.92. The van der Waals surface area contributed by atoms with Crippen LogP contribution in [0.1, 0.15) is 102 Å². The molecule has 3 heterocycles. The Balaban J connectivity index is 1.38. The predicted octanol–water partition coefficient (Wildman–Crippen LogP) is 1.74. The lowest BCUT2D eigenvalue weighted by atomic mass is 9.82. The van der Waals surface area contributed by atoms with Gasteiger partial charge in [0, 0.05) is 43.7 Å². The molecule has 6 unspecified atom stereocenters. The van der Waals surface area contributed by atoms with Crippen LogP contribution < -0.4 is 21.3 Å². The summed E-state index contributed by atoms with van der Waals surface area (Å²) in [4.78, 5) is 96.0. The molecule has 1 saturated heterocycles. The van der Waals surface area contributed by atoms with Crippen LogP contribution in [0.15, 0.2) is 23.6 Å². The average molecular weight is 693 g/mol. The molecule has 1 aromatic heterocycles. The first-order valence-corrected chi connectivity index (χ1v) is 18.2. The maximum absolute atomic E-state index is 14.7. The fraction of sp³-hybridized carbons (Fsp3) is 0.694. The van der Waals surface area contributed by atoms with E-state index in [1.54, 1.807) is 6.21 Å². The fourth-order valence-corrected chi connectivity index (χ4v) is 7.42. The first kappa shape index (κ1) is 37.0. The number of aromatic nitrogens is 2. The van der Waals surface area contributed by atoms with Gasteiger partial charge < -0.3 is 26.2 Å². The standard InChI is InChI=1S/C36H52N8O6/c1-5-9-25(29(45)34(49)40-23-12-13-23)41-33(48)28-24-18-37-15-14-22(24)20-44(28)35(50)30(36(2,3)4)43-32(47)27(21-10-7-6-8-11-21)42-31(46)26-19-38-16-17-39-26/h16-19,21-25,27-28,30H,5-15,20H2,1-4H3,(H,40,49)(H,41,48)(H,42,46)(H,43,47). The molecule has 5 rings (SSSR count). The number of fused-ring (bicyclic) bond motifs is 1. The molecular weight excluding hydrogens is 640 g/mol. The van der Waals surface area contributed by atoms with Gasteiger partial charge in [0.2, 0.25) is 23.5 Å². The largest absolute Gasteiger partial charge is 0.347 e. The van der Waals surface area contributed by atoms with Crippen LogP contribution in [0.5, 0.6) is 0 Å². The van der Waals surface area contributed by atoms with Crippen LogP contribution in [0, 0.1) is 23.2 Å². The SMILES string of the molecule is CCCC(NC(=O)C1C2C=NCCC2CN1C(=O)C(NC(=O)C(NC(=O)c1cnccn1)C1CCCCC1)C(C)(C)C)C(=O)C(=O)NC1CC1. The van der Waals surface area contributed by atoms with Crippen LogP contribution in [0.2, 0.25) is 0 Å². The summed E-state index contributed by atoms with van der Waals surface area (Å²) < 4.78 is 0. The molecule has 272 valence electrons. The number of amides is 5. The van der Waals surface area contributed by atoms with Gasteiger partial charge in [-0.05, 0) is 55.8 Å². The Morgan fingerprint density at radius 1 is 0.940 bits per heavy atom. The average Bonchev–Trinajstić information content (AvgIpc) is 3.84. The Hall–Kier alpha value is -4.23. The molecule has 6 atom stereocenters. The van der Waals surface area contributed by atoms with E-state index < -0.39 is 64.9 Å². The van der Waals surface area contributed by atoms with E-state index in [4.69, 9.17) is 0 Å². The first-order valence-electron chi connectivity index (χ1n) is 18.2. The summed E-state index contributed by atoms with van der Waals surface area (Å²) in [5.41, 5.74) is -0.687. The second kappa shape index (κ2) is 16.2. The van der Waals surface area contributed by atoms with Crippen LogP contribution in [0.25, 0.3) is 0 Å². The smallest absolute Gasteiger partial charge is 0.289 e. The summed E-state index contributed by atoms with van der Waals surface area (Å²) in [6, 6.07) is -3.97. The number of carbonyl (C=O) groups excluding carboxylic acids is 6. The molecular formula is C36H52N8O6. The van der Waals surface area contributed by atoms with Crippen molar-refractivity contribution in [2.24, 2.45) is 28.2 Å². The summed E-state index contributed by atoms with van der Waals surface area (Å²) >= 11 is 0. The minimum Gasteiger partial charge on any atom is -0.347 e. The first-order chi connectivity index (χ1) is 23.9. The second-order valence-electron chi connectivity index (χ2n) is 15.3. The highest BCUT2D eigenvalue weighted by atomic mass is 16.2. The van der Waals surface area contributed by atoms with Gasteiger partial charge in [0.05, 0.1) is 12.2 Å². The number of hydrogen-bond acceptors (Lipinski definition) is 9. The molecule has 5 amide bonds. The number of ketones is 1. The summed E-state index contributed by atoms with van der Waals surface area (Å²) in [7, 11) is 0. The Bertz CT molecular complexity index is 1450. The third-order valence-electron chi connectivity index (χ3n) is 10.4. The molecule has 2 aliphatic carbocycles. The molecule has 0 bridgehead atoms. The molecule has 4 aliphatic rings. The Kier molecular flexibility index (Phi) is 12.0. The van der Waals surface area contributed by atoms with E-state index in [9.17, 15) is 28.8 Å². The van der Waals surface area contributed by atoms with Gasteiger partial charge in [-0.1, -0.05) is 53.4 Å². The van der Waals surface area contributed by atoms with Crippen molar-refractivity contribution in [2.75, 3.05) is 13.1 Å². The van der Waals surface area contributed by atoms with Gasteiger partial charge in [-0.25, -0.2) is 4.98 Å². The van der Waals surface area contributed by atoms with E-state index in [1.807, 2.05) is 27.7 Å². The van der Waals surface area contributed by atoms with Gasteiger partial charge in [-0.3, -0.25) is 38.7 Å². The maximum atomic E-state index is 14.7. The zero-order valence-corrected chi connectivity index (χ0v) is 29.7. The topological polar surface area (TPSA) is 192 Å². The van der Waals surface area contributed by atoms with Gasteiger partial charge in [0.1, 0.15) is 23.8 Å². The number of hydrogen-bond donors (Lipinski definition) is 4. The lowest BCUT2D eigenvalue weighted by molar-refractivity contribution is -0.145. The Morgan fingerprint density at radius 2 is 1.68 bits per heavy atom. The number of Topliss-reactive ketones (excluding diaryl/α,β-unsaturated/α-hetero) is 1. The third-order valence-corrected chi connectivity index (χ3v) is 10.4. The van der Waals surface area contributed by atoms with E-state index >= 15 is 0 Å². The molecule has 1 aromatic rings. The lowest BCUT2D eigenvalue weighted by Gasteiger charge is -2.38. The van der Waals surface area contributed by atoms with Crippen LogP contribution in [0.4, 0.5) is 0 Å². The number of aliphatic imine (C=N–C) groups is 1. The van der Waals surface area contributed by atoms with Crippen molar-refractivity contribution < 1.29 is 28.8 Å². The lowest BCUT2D eigenvalue weighted by Crippen LogP contribution is -2.62. The number of rotatable bonds is 13.